The Hall–Kier alpha value is -2.31. The molecule has 0 radical (unpaired) electrons. The molecule has 1 heterocycles. The summed E-state index contributed by atoms with van der Waals surface area (Å²) in [7, 11) is 0. The molecule has 0 spiro atoms. The van der Waals surface area contributed by atoms with Crippen LogP contribution in [0.5, 0.6) is 0 Å². The molecule has 1 atom stereocenters. The smallest absolute Gasteiger partial charge is 0.313 e. The first-order valence-electron chi connectivity index (χ1n) is 8.04. The van der Waals surface area contributed by atoms with Crippen LogP contribution in [0.1, 0.15) is 29.7 Å². The zero-order chi connectivity index (χ0) is 18.0. The lowest BCUT2D eigenvalue weighted by molar-refractivity contribution is -0.137. The molecule has 2 amide bonds. The predicted molar refractivity (Wildman–Crippen MR) is 93.4 cm³/mol. The molecule has 0 aliphatic heterocycles. The van der Waals surface area contributed by atoms with Crippen molar-refractivity contribution in [1.29, 1.82) is 0 Å². The average molecular weight is 363 g/mol. The molecule has 2 aromatic rings. The maximum Gasteiger partial charge on any atom is 0.313 e. The highest BCUT2D eigenvalue weighted by atomic mass is 35.5. The molecule has 132 valence electrons. The van der Waals surface area contributed by atoms with Crippen molar-refractivity contribution in [3.8, 4) is 0 Å². The minimum absolute atomic E-state index is 0.0552. The van der Waals surface area contributed by atoms with E-state index >= 15 is 0 Å². The van der Waals surface area contributed by atoms with E-state index < -0.39 is 17.4 Å². The SMILES string of the molecule is Cc1c(Cl)cccc1NC(=O)C(=O)NCC1(O)CCCc2occc21. The highest BCUT2D eigenvalue weighted by Gasteiger charge is 2.37. The van der Waals surface area contributed by atoms with E-state index in [0.29, 0.717) is 28.3 Å². The number of hydrogen-bond acceptors (Lipinski definition) is 4. The molecule has 1 aromatic heterocycles. The molecule has 3 N–H and O–H groups in total. The lowest BCUT2D eigenvalue weighted by Gasteiger charge is -2.31. The standard InChI is InChI=1S/C18H19ClN2O4/c1-11-13(19)4-2-5-14(11)21-17(23)16(22)20-10-18(24)8-3-6-15-12(18)7-9-25-15/h2,4-5,7,9,24H,3,6,8,10H2,1H3,(H,20,22)(H,21,23). The van der Waals surface area contributed by atoms with Gasteiger partial charge in [0.25, 0.3) is 0 Å². The first-order chi connectivity index (χ1) is 11.9. The number of benzene rings is 1. The number of aliphatic hydroxyl groups is 1. The van der Waals surface area contributed by atoms with Crippen LogP contribution in [-0.4, -0.2) is 23.5 Å². The predicted octanol–water partition coefficient (Wildman–Crippen LogP) is 2.52. The van der Waals surface area contributed by atoms with Gasteiger partial charge in [0.2, 0.25) is 0 Å². The van der Waals surface area contributed by atoms with Gasteiger partial charge in [-0.05, 0) is 43.5 Å². The van der Waals surface area contributed by atoms with E-state index in [-0.39, 0.29) is 6.54 Å². The van der Waals surface area contributed by atoms with Crippen LogP contribution in [0.4, 0.5) is 5.69 Å². The second kappa shape index (κ2) is 6.90. The summed E-state index contributed by atoms with van der Waals surface area (Å²) in [5, 5.41) is 16.3. The number of rotatable bonds is 3. The Balaban J connectivity index is 1.63. The van der Waals surface area contributed by atoms with Crippen molar-refractivity contribution in [1.82, 2.24) is 5.32 Å². The van der Waals surface area contributed by atoms with E-state index in [2.05, 4.69) is 10.6 Å². The van der Waals surface area contributed by atoms with Crippen molar-refractivity contribution >= 4 is 29.1 Å². The molecule has 1 unspecified atom stereocenters. The third-order valence-electron chi connectivity index (χ3n) is 4.50. The molecule has 0 bridgehead atoms. The Kier molecular flexibility index (Phi) is 4.83. The van der Waals surface area contributed by atoms with E-state index in [1.807, 2.05) is 0 Å². The number of amides is 2. The van der Waals surface area contributed by atoms with Crippen molar-refractivity contribution in [2.45, 2.75) is 31.8 Å². The molecule has 7 heteroatoms. The first-order valence-corrected chi connectivity index (χ1v) is 8.42. The van der Waals surface area contributed by atoms with Gasteiger partial charge >= 0.3 is 11.8 Å². The molecular weight excluding hydrogens is 344 g/mol. The molecular formula is C18H19ClN2O4. The Morgan fingerprint density at radius 1 is 1.32 bits per heavy atom. The van der Waals surface area contributed by atoms with Gasteiger partial charge in [-0.2, -0.15) is 0 Å². The highest BCUT2D eigenvalue weighted by molar-refractivity contribution is 6.40. The fourth-order valence-corrected chi connectivity index (χ4v) is 3.21. The Morgan fingerprint density at radius 2 is 2.12 bits per heavy atom. The monoisotopic (exact) mass is 362 g/mol. The molecule has 3 rings (SSSR count). The number of carbonyl (C=O) groups excluding carboxylic acids is 2. The minimum Gasteiger partial charge on any atom is -0.469 e. The summed E-state index contributed by atoms with van der Waals surface area (Å²) in [6.07, 6.45) is 3.53. The average Bonchev–Trinajstić information content (AvgIpc) is 3.07. The summed E-state index contributed by atoms with van der Waals surface area (Å²) in [6, 6.07) is 6.76. The normalized spacial score (nSPS) is 19.2. The van der Waals surface area contributed by atoms with Gasteiger partial charge in [0.05, 0.1) is 12.8 Å². The van der Waals surface area contributed by atoms with Gasteiger partial charge in [0, 0.05) is 22.7 Å². The third-order valence-corrected chi connectivity index (χ3v) is 4.91. The van der Waals surface area contributed by atoms with Gasteiger partial charge in [-0.25, -0.2) is 0 Å². The van der Waals surface area contributed by atoms with Gasteiger partial charge in [-0.1, -0.05) is 17.7 Å². The molecule has 0 saturated carbocycles. The zero-order valence-corrected chi connectivity index (χ0v) is 14.5. The molecule has 0 fully saturated rings. The number of carbonyl (C=O) groups is 2. The Labute approximate surface area is 150 Å². The van der Waals surface area contributed by atoms with Gasteiger partial charge < -0.3 is 20.2 Å². The topological polar surface area (TPSA) is 91.6 Å². The van der Waals surface area contributed by atoms with Crippen LogP contribution in [0.25, 0.3) is 0 Å². The maximum atomic E-state index is 12.1. The lowest BCUT2D eigenvalue weighted by Crippen LogP contribution is -2.45. The van der Waals surface area contributed by atoms with E-state index in [1.165, 1.54) is 6.26 Å². The highest BCUT2D eigenvalue weighted by Crippen LogP contribution is 2.35. The summed E-state index contributed by atoms with van der Waals surface area (Å²) >= 11 is 6.00. The number of anilines is 1. The molecule has 0 saturated heterocycles. The largest absolute Gasteiger partial charge is 0.469 e. The van der Waals surface area contributed by atoms with Gasteiger partial charge in [-0.3, -0.25) is 9.59 Å². The third kappa shape index (κ3) is 3.55. The van der Waals surface area contributed by atoms with Crippen molar-refractivity contribution in [3.63, 3.8) is 0 Å². The number of nitrogens with one attached hydrogen (secondary N) is 2. The molecule has 1 aromatic carbocycles. The fourth-order valence-electron chi connectivity index (χ4n) is 3.04. The van der Waals surface area contributed by atoms with Gasteiger partial charge in [0.15, 0.2) is 0 Å². The number of fused-ring (bicyclic) bond motifs is 1. The molecule has 1 aliphatic carbocycles. The zero-order valence-electron chi connectivity index (χ0n) is 13.8. The summed E-state index contributed by atoms with van der Waals surface area (Å²) in [6.45, 7) is 1.70. The van der Waals surface area contributed by atoms with E-state index in [1.54, 1.807) is 31.2 Å². The molecule has 25 heavy (non-hydrogen) atoms. The van der Waals surface area contributed by atoms with Crippen molar-refractivity contribution < 1.29 is 19.1 Å². The van der Waals surface area contributed by atoms with Crippen LogP contribution < -0.4 is 10.6 Å². The van der Waals surface area contributed by atoms with Gasteiger partial charge in [-0.15, -0.1) is 0 Å². The van der Waals surface area contributed by atoms with E-state index in [0.717, 1.165) is 18.6 Å². The van der Waals surface area contributed by atoms with Crippen LogP contribution >= 0.6 is 11.6 Å². The van der Waals surface area contributed by atoms with Crippen molar-refractivity contribution in [2.75, 3.05) is 11.9 Å². The Morgan fingerprint density at radius 3 is 2.92 bits per heavy atom. The Bertz CT molecular complexity index is 817. The van der Waals surface area contributed by atoms with Crippen LogP contribution in [-0.2, 0) is 21.6 Å². The summed E-state index contributed by atoms with van der Waals surface area (Å²) in [5.74, 6) is -0.900. The minimum atomic E-state index is -1.22. The van der Waals surface area contributed by atoms with E-state index in [4.69, 9.17) is 16.0 Å². The second-order valence-corrected chi connectivity index (χ2v) is 6.60. The van der Waals surface area contributed by atoms with Crippen LogP contribution in [0.3, 0.4) is 0 Å². The van der Waals surface area contributed by atoms with Crippen molar-refractivity contribution in [2.24, 2.45) is 0 Å². The first kappa shape index (κ1) is 17.5. The number of halogens is 1. The number of hydrogen-bond donors (Lipinski definition) is 3. The molecule has 1 aliphatic rings. The van der Waals surface area contributed by atoms with Crippen LogP contribution in [0.2, 0.25) is 5.02 Å². The number of aryl methyl sites for hydroxylation is 1. The van der Waals surface area contributed by atoms with Crippen molar-refractivity contribution in [3.05, 3.63) is 52.4 Å². The van der Waals surface area contributed by atoms with Crippen LogP contribution in [0, 0.1) is 6.92 Å². The summed E-state index contributed by atoms with van der Waals surface area (Å²) in [5.41, 5.74) is 0.605. The summed E-state index contributed by atoms with van der Waals surface area (Å²) < 4.78 is 5.34. The lowest BCUT2D eigenvalue weighted by atomic mass is 9.83. The quantitative estimate of drug-likeness (QED) is 0.732. The second-order valence-electron chi connectivity index (χ2n) is 6.19. The summed E-state index contributed by atoms with van der Waals surface area (Å²) in [4.78, 5) is 24.2. The molecule has 6 nitrogen and oxygen atoms in total. The van der Waals surface area contributed by atoms with Crippen LogP contribution in [0.15, 0.2) is 34.9 Å². The number of furan rings is 1. The van der Waals surface area contributed by atoms with Gasteiger partial charge in [0.1, 0.15) is 11.4 Å². The van der Waals surface area contributed by atoms with E-state index in [9.17, 15) is 14.7 Å². The fraction of sp³-hybridized carbons (Fsp3) is 0.333. The maximum absolute atomic E-state index is 12.1.